The van der Waals surface area contributed by atoms with Crippen molar-refractivity contribution < 1.29 is 27.5 Å². The molecular formula is C15H10F3NO3. The topological polar surface area (TPSA) is 55.4 Å². The maximum atomic E-state index is 13.5. The summed E-state index contributed by atoms with van der Waals surface area (Å²) in [7, 11) is 1.14. The molecule has 0 aromatic heterocycles. The first kappa shape index (κ1) is 15.6. The van der Waals surface area contributed by atoms with Gasteiger partial charge in [0, 0.05) is 0 Å². The van der Waals surface area contributed by atoms with E-state index in [0.29, 0.717) is 6.07 Å². The number of carbonyl (C=O) groups excluding carboxylic acids is 2. The summed E-state index contributed by atoms with van der Waals surface area (Å²) < 4.78 is 44.1. The molecule has 0 spiro atoms. The standard InChI is InChI=1S/C15H10F3NO3/c1-22-15(21)9-5-3-2-4-8(9)14(20)19-11-7-6-10(16)12(17)13(11)18/h2-7H,1H3,(H,19,20). The zero-order valence-corrected chi connectivity index (χ0v) is 11.3. The molecule has 1 amide bonds. The van der Waals surface area contributed by atoms with Crippen molar-refractivity contribution in [3.63, 3.8) is 0 Å². The molecule has 2 aromatic rings. The van der Waals surface area contributed by atoms with Gasteiger partial charge in [0.2, 0.25) is 0 Å². The molecule has 2 aromatic carbocycles. The molecule has 114 valence electrons. The zero-order valence-electron chi connectivity index (χ0n) is 11.3. The molecule has 0 bridgehead atoms. The third-order valence-electron chi connectivity index (χ3n) is 2.86. The van der Waals surface area contributed by atoms with Crippen LogP contribution in [0.3, 0.4) is 0 Å². The molecule has 0 aliphatic carbocycles. The molecule has 0 aliphatic heterocycles. The molecule has 4 nitrogen and oxygen atoms in total. The highest BCUT2D eigenvalue weighted by Crippen LogP contribution is 2.21. The Hall–Kier alpha value is -2.83. The third-order valence-corrected chi connectivity index (χ3v) is 2.86. The van der Waals surface area contributed by atoms with Crippen LogP contribution in [0.15, 0.2) is 36.4 Å². The Morgan fingerprint density at radius 3 is 2.23 bits per heavy atom. The van der Waals surface area contributed by atoms with Crippen molar-refractivity contribution in [3.05, 3.63) is 65.0 Å². The fourth-order valence-corrected chi connectivity index (χ4v) is 1.78. The Balaban J connectivity index is 2.35. The number of rotatable bonds is 3. The van der Waals surface area contributed by atoms with E-state index in [1.807, 2.05) is 0 Å². The van der Waals surface area contributed by atoms with E-state index >= 15 is 0 Å². The van der Waals surface area contributed by atoms with Crippen LogP contribution in [0.5, 0.6) is 0 Å². The Morgan fingerprint density at radius 2 is 1.59 bits per heavy atom. The third kappa shape index (κ3) is 2.93. The van der Waals surface area contributed by atoms with E-state index in [1.165, 1.54) is 24.3 Å². The van der Waals surface area contributed by atoms with E-state index in [2.05, 4.69) is 10.1 Å². The van der Waals surface area contributed by atoms with Gasteiger partial charge in [-0.3, -0.25) is 4.79 Å². The molecule has 22 heavy (non-hydrogen) atoms. The largest absolute Gasteiger partial charge is 0.465 e. The molecule has 1 N–H and O–H groups in total. The number of halogens is 3. The van der Waals surface area contributed by atoms with Gasteiger partial charge in [0.1, 0.15) is 0 Å². The molecule has 0 saturated heterocycles. The molecule has 0 aliphatic rings. The van der Waals surface area contributed by atoms with E-state index < -0.39 is 35.0 Å². The number of methoxy groups -OCH3 is 1. The summed E-state index contributed by atoms with van der Waals surface area (Å²) >= 11 is 0. The van der Waals surface area contributed by atoms with E-state index in [-0.39, 0.29) is 11.1 Å². The summed E-state index contributed by atoms with van der Waals surface area (Å²) in [5.74, 6) is -6.20. The monoisotopic (exact) mass is 309 g/mol. The Bertz CT molecular complexity index is 747. The normalized spacial score (nSPS) is 10.2. The lowest BCUT2D eigenvalue weighted by atomic mass is 10.1. The van der Waals surface area contributed by atoms with Gasteiger partial charge in [-0.15, -0.1) is 0 Å². The van der Waals surface area contributed by atoms with Crippen molar-refractivity contribution in [2.75, 3.05) is 12.4 Å². The van der Waals surface area contributed by atoms with Gasteiger partial charge in [-0.2, -0.15) is 0 Å². The lowest BCUT2D eigenvalue weighted by Gasteiger charge is -2.10. The summed E-state index contributed by atoms with van der Waals surface area (Å²) in [5.41, 5.74) is -0.660. The van der Waals surface area contributed by atoms with Gasteiger partial charge in [-0.25, -0.2) is 18.0 Å². The first-order chi connectivity index (χ1) is 10.5. The fourth-order valence-electron chi connectivity index (χ4n) is 1.78. The maximum Gasteiger partial charge on any atom is 0.338 e. The molecule has 0 fully saturated rings. The van der Waals surface area contributed by atoms with Crippen LogP contribution in [0.2, 0.25) is 0 Å². The van der Waals surface area contributed by atoms with Gasteiger partial charge in [-0.05, 0) is 24.3 Å². The van der Waals surface area contributed by atoms with E-state index in [4.69, 9.17) is 0 Å². The first-order valence-electron chi connectivity index (χ1n) is 6.08. The van der Waals surface area contributed by atoms with Crippen LogP contribution in [-0.2, 0) is 4.74 Å². The summed E-state index contributed by atoms with van der Waals surface area (Å²) in [6.45, 7) is 0. The van der Waals surface area contributed by atoms with Gasteiger partial charge >= 0.3 is 5.97 Å². The quantitative estimate of drug-likeness (QED) is 0.700. The average molecular weight is 309 g/mol. The molecule has 7 heteroatoms. The minimum Gasteiger partial charge on any atom is -0.465 e. The lowest BCUT2D eigenvalue weighted by molar-refractivity contribution is 0.0597. The molecule has 0 atom stereocenters. The average Bonchev–Trinajstić information content (AvgIpc) is 2.54. The molecule has 0 unspecified atom stereocenters. The van der Waals surface area contributed by atoms with Crippen molar-refractivity contribution in [3.8, 4) is 0 Å². The SMILES string of the molecule is COC(=O)c1ccccc1C(=O)Nc1ccc(F)c(F)c1F. The van der Waals surface area contributed by atoms with Crippen LogP contribution in [0.25, 0.3) is 0 Å². The van der Waals surface area contributed by atoms with Gasteiger partial charge in [0.25, 0.3) is 5.91 Å². The first-order valence-corrected chi connectivity index (χ1v) is 6.08. The minimum absolute atomic E-state index is 0.0366. The molecular weight excluding hydrogens is 299 g/mol. The van der Waals surface area contributed by atoms with Crippen molar-refractivity contribution in [1.29, 1.82) is 0 Å². The van der Waals surface area contributed by atoms with Crippen LogP contribution >= 0.6 is 0 Å². The van der Waals surface area contributed by atoms with Gasteiger partial charge < -0.3 is 10.1 Å². The predicted octanol–water partition coefficient (Wildman–Crippen LogP) is 3.14. The van der Waals surface area contributed by atoms with E-state index in [9.17, 15) is 22.8 Å². The van der Waals surface area contributed by atoms with Crippen LogP contribution in [0.4, 0.5) is 18.9 Å². The van der Waals surface area contributed by atoms with E-state index in [1.54, 1.807) is 0 Å². The second-order valence-corrected chi connectivity index (χ2v) is 4.21. The second kappa shape index (κ2) is 6.30. The molecule has 2 rings (SSSR count). The molecule has 0 saturated carbocycles. The number of hydrogen-bond acceptors (Lipinski definition) is 3. The van der Waals surface area contributed by atoms with Crippen LogP contribution in [-0.4, -0.2) is 19.0 Å². The predicted molar refractivity (Wildman–Crippen MR) is 72.1 cm³/mol. The van der Waals surface area contributed by atoms with Crippen molar-refractivity contribution >= 4 is 17.6 Å². The summed E-state index contributed by atoms with van der Waals surface area (Å²) in [4.78, 5) is 23.7. The maximum absolute atomic E-state index is 13.5. The van der Waals surface area contributed by atoms with Crippen molar-refractivity contribution in [1.82, 2.24) is 0 Å². The number of carbonyl (C=O) groups is 2. The summed E-state index contributed by atoms with van der Waals surface area (Å²) in [5, 5.41) is 2.09. The Kier molecular flexibility index (Phi) is 4.45. The highest BCUT2D eigenvalue weighted by molar-refractivity contribution is 6.11. The highest BCUT2D eigenvalue weighted by Gasteiger charge is 2.20. The summed E-state index contributed by atoms with van der Waals surface area (Å²) in [6, 6.07) is 7.23. The number of ether oxygens (including phenoxy) is 1. The minimum atomic E-state index is -1.70. The number of anilines is 1. The van der Waals surface area contributed by atoms with Crippen molar-refractivity contribution in [2.45, 2.75) is 0 Å². The number of benzene rings is 2. The number of esters is 1. The number of amides is 1. The lowest BCUT2D eigenvalue weighted by Crippen LogP contribution is -2.18. The van der Waals surface area contributed by atoms with Crippen LogP contribution in [0, 0.1) is 17.5 Å². The van der Waals surface area contributed by atoms with Crippen molar-refractivity contribution in [2.24, 2.45) is 0 Å². The smallest absolute Gasteiger partial charge is 0.338 e. The summed E-state index contributed by atoms with van der Waals surface area (Å²) in [6.07, 6.45) is 0. The van der Waals surface area contributed by atoms with Gasteiger partial charge in [0.15, 0.2) is 17.5 Å². The highest BCUT2D eigenvalue weighted by atomic mass is 19.2. The number of nitrogens with one attached hydrogen (secondary N) is 1. The molecule has 0 heterocycles. The van der Waals surface area contributed by atoms with Crippen LogP contribution < -0.4 is 5.32 Å². The fraction of sp³-hybridized carbons (Fsp3) is 0.0667. The Morgan fingerprint density at radius 1 is 0.955 bits per heavy atom. The number of hydrogen-bond donors (Lipinski definition) is 1. The molecule has 0 radical (unpaired) electrons. The van der Waals surface area contributed by atoms with E-state index in [0.717, 1.165) is 13.2 Å². The van der Waals surface area contributed by atoms with Gasteiger partial charge in [-0.1, -0.05) is 12.1 Å². The Labute approximate surface area is 123 Å². The van der Waals surface area contributed by atoms with Crippen LogP contribution in [0.1, 0.15) is 20.7 Å². The second-order valence-electron chi connectivity index (χ2n) is 4.21. The van der Waals surface area contributed by atoms with Gasteiger partial charge in [0.05, 0.1) is 23.9 Å². The zero-order chi connectivity index (χ0) is 16.3.